The quantitative estimate of drug-likeness (QED) is 0.844. The molecule has 1 atom stereocenters. The lowest BCUT2D eigenvalue weighted by Gasteiger charge is -2.35. The number of piperidine rings is 1. The van der Waals surface area contributed by atoms with Crippen LogP contribution in [0.5, 0.6) is 0 Å². The second kappa shape index (κ2) is 5.34. The summed E-state index contributed by atoms with van der Waals surface area (Å²) in [6.45, 7) is 0.345. The Kier molecular flexibility index (Phi) is 3.52. The van der Waals surface area contributed by atoms with E-state index in [1.54, 1.807) is 7.05 Å². The molecule has 1 amide bonds. The highest BCUT2D eigenvalue weighted by Gasteiger charge is 2.34. The third-order valence-corrected chi connectivity index (χ3v) is 3.82. The monoisotopic (exact) mass is 295 g/mol. The summed E-state index contributed by atoms with van der Waals surface area (Å²) < 4.78 is 27.7. The average Bonchev–Trinajstić information content (AvgIpc) is 2.88. The standard InChI is InChI=1S/C13H15F2N5O/c1-19-12-10(17-18-19)8(5-6-16-12)13(21)20-7-3-2-4-9(20)11(14)15/h5-6,9,11H,2-4,7H2,1H3. The second-order valence-electron chi connectivity index (χ2n) is 5.14. The van der Waals surface area contributed by atoms with Crippen molar-refractivity contribution in [1.82, 2.24) is 24.9 Å². The molecule has 0 radical (unpaired) electrons. The normalized spacial score (nSPS) is 19.4. The Morgan fingerprint density at radius 2 is 2.24 bits per heavy atom. The number of hydrogen-bond acceptors (Lipinski definition) is 4. The van der Waals surface area contributed by atoms with E-state index in [0.717, 1.165) is 12.8 Å². The summed E-state index contributed by atoms with van der Waals surface area (Å²) in [7, 11) is 1.67. The fourth-order valence-corrected chi connectivity index (χ4v) is 2.73. The van der Waals surface area contributed by atoms with Crippen molar-refractivity contribution >= 4 is 17.1 Å². The van der Waals surface area contributed by atoms with E-state index in [2.05, 4.69) is 15.3 Å². The molecule has 6 nitrogen and oxygen atoms in total. The summed E-state index contributed by atoms with van der Waals surface area (Å²) in [5, 5.41) is 7.74. The van der Waals surface area contributed by atoms with Crippen molar-refractivity contribution in [2.45, 2.75) is 31.7 Å². The minimum Gasteiger partial charge on any atom is -0.330 e. The molecule has 1 aliphatic heterocycles. The number of pyridine rings is 1. The number of likely N-dealkylation sites (tertiary alicyclic amines) is 1. The number of nitrogens with zero attached hydrogens (tertiary/aromatic N) is 5. The number of rotatable bonds is 2. The smallest absolute Gasteiger partial charge is 0.258 e. The van der Waals surface area contributed by atoms with Gasteiger partial charge in [0.15, 0.2) is 5.65 Å². The number of carbonyl (C=O) groups excluding carboxylic acids is 1. The topological polar surface area (TPSA) is 63.9 Å². The molecular weight excluding hydrogens is 280 g/mol. The first-order chi connectivity index (χ1) is 10.1. The van der Waals surface area contributed by atoms with Gasteiger partial charge in [0, 0.05) is 19.8 Å². The highest BCUT2D eigenvalue weighted by atomic mass is 19.3. The average molecular weight is 295 g/mol. The fraction of sp³-hybridized carbons (Fsp3) is 0.538. The van der Waals surface area contributed by atoms with Gasteiger partial charge in [-0.15, -0.1) is 5.10 Å². The highest BCUT2D eigenvalue weighted by Crippen LogP contribution is 2.25. The van der Waals surface area contributed by atoms with Crippen LogP contribution in [0, 0.1) is 0 Å². The zero-order chi connectivity index (χ0) is 15.0. The maximum Gasteiger partial charge on any atom is 0.258 e. The van der Waals surface area contributed by atoms with E-state index in [9.17, 15) is 13.6 Å². The number of carbonyl (C=O) groups is 1. The van der Waals surface area contributed by atoms with Crippen LogP contribution in [0.15, 0.2) is 12.3 Å². The maximum atomic E-state index is 13.1. The van der Waals surface area contributed by atoms with Gasteiger partial charge in [0.05, 0.1) is 11.6 Å². The van der Waals surface area contributed by atoms with Crippen LogP contribution in [0.25, 0.3) is 11.2 Å². The van der Waals surface area contributed by atoms with E-state index in [1.807, 2.05) is 0 Å². The summed E-state index contributed by atoms with van der Waals surface area (Å²) in [6.07, 6.45) is 0.728. The molecule has 0 aliphatic carbocycles. The number of fused-ring (bicyclic) bond motifs is 1. The number of alkyl halides is 2. The van der Waals surface area contributed by atoms with Gasteiger partial charge in [-0.05, 0) is 25.3 Å². The molecule has 0 N–H and O–H groups in total. The van der Waals surface area contributed by atoms with Crippen molar-refractivity contribution < 1.29 is 13.6 Å². The largest absolute Gasteiger partial charge is 0.330 e. The van der Waals surface area contributed by atoms with E-state index in [1.165, 1.54) is 21.8 Å². The number of aromatic nitrogens is 4. The molecule has 8 heteroatoms. The van der Waals surface area contributed by atoms with Crippen LogP contribution < -0.4 is 0 Å². The molecule has 3 rings (SSSR count). The zero-order valence-electron chi connectivity index (χ0n) is 11.5. The van der Waals surface area contributed by atoms with Gasteiger partial charge in [-0.1, -0.05) is 5.21 Å². The van der Waals surface area contributed by atoms with Crippen LogP contribution in [0.4, 0.5) is 8.78 Å². The van der Waals surface area contributed by atoms with Crippen LogP contribution in [-0.2, 0) is 7.05 Å². The van der Waals surface area contributed by atoms with Gasteiger partial charge in [0.25, 0.3) is 12.3 Å². The first kappa shape index (κ1) is 13.8. The minimum absolute atomic E-state index is 0.278. The van der Waals surface area contributed by atoms with Crippen molar-refractivity contribution in [3.8, 4) is 0 Å². The van der Waals surface area contributed by atoms with Gasteiger partial charge in [0.1, 0.15) is 5.52 Å². The number of aryl methyl sites for hydroxylation is 1. The molecule has 1 saturated heterocycles. The zero-order valence-corrected chi connectivity index (χ0v) is 11.5. The molecule has 0 aromatic carbocycles. The molecule has 21 heavy (non-hydrogen) atoms. The van der Waals surface area contributed by atoms with Crippen molar-refractivity contribution in [3.63, 3.8) is 0 Å². The van der Waals surface area contributed by atoms with Crippen molar-refractivity contribution in [2.24, 2.45) is 7.05 Å². The summed E-state index contributed by atoms with van der Waals surface area (Å²) in [5.74, 6) is -0.423. The van der Waals surface area contributed by atoms with Crippen LogP contribution in [0.3, 0.4) is 0 Å². The molecule has 0 saturated carbocycles. The molecule has 2 aromatic heterocycles. The summed E-state index contributed by atoms with van der Waals surface area (Å²) in [6, 6.07) is 0.488. The highest BCUT2D eigenvalue weighted by molar-refractivity contribution is 6.04. The predicted octanol–water partition coefficient (Wildman–Crippen LogP) is 1.62. The van der Waals surface area contributed by atoms with E-state index >= 15 is 0 Å². The maximum absolute atomic E-state index is 13.1. The Balaban J connectivity index is 1.99. The van der Waals surface area contributed by atoms with Crippen molar-refractivity contribution in [1.29, 1.82) is 0 Å². The minimum atomic E-state index is -2.53. The Morgan fingerprint density at radius 3 is 3.00 bits per heavy atom. The van der Waals surface area contributed by atoms with Crippen LogP contribution in [-0.4, -0.2) is 49.8 Å². The van der Waals surface area contributed by atoms with Crippen LogP contribution in [0.2, 0.25) is 0 Å². The molecule has 0 spiro atoms. The number of amides is 1. The lowest BCUT2D eigenvalue weighted by molar-refractivity contribution is 0.00694. The van der Waals surface area contributed by atoms with Gasteiger partial charge < -0.3 is 4.90 Å². The number of hydrogen-bond donors (Lipinski definition) is 0. The summed E-state index contributed by atoms with van der Waals surface area (Å²) in [4.78, 5) is 18.0. The van der Waals surface area contributed by atoms with Crippen LogP contribution >= 0.6 is 0 Å². The molecule has 112 valence electrons. The van der Waals surface area contributed by atoms with E-state index in [4.69, 9.17) is 0 Å². The third-order valence-electron chi connectivity index (χ3n) is 3.82. The first-order valence-corrected chi connectivity index (χ1v) is 6.83. The van der Waals surface area contributed by atoms with Gasteiger partial charge in [-0.25, -0.2) is 18.4 Å². The summed E-state index contributed by atoms with van der Waals surface area (Å²) >= 11 is 0. The molecule has 0 bridgehead atoms. The van der Waals surface area contributed by atoms with Crippen molar-refractivity contribution in [2.75, 3.05) is 6.54 Å². The number of halogens is 2. The third kappa shape index (κ3) is 2.34. The van der Waals surface area contributed by atoms with Gasteiger partial charge in [0.2, 0.25) is 0 Å². The Labute approximate surface area is 119 Å². The Morgan fingerprint density at radius 1 is 1.43 bits per heavy atom. The lowest BCUT2D eigenvalue weighted by atomic mass is 10.0. The molecule has 1 aliphatic rings. The van der Waals surface area contributed by atoms with Gasteiger partial charge in [-0.3, -0.25) is 4.79 Å². The lowest BCUT2D eigenvalue weighted by Crippen LogP contribution is -2.47. The first-order valence-electron chi connectivity index (χ1n) is 6.83. The fourth-order valence-electron chi connectivity index (χ4n) is 2.73. The SMILES string of the molecule is Cn1nnc2c(C(=O)N3CCCCC3C(F)F)ccnc21. The molecule has 2 aromatic rings. The second-order valence-corrected chi connectivity index (χ2v) is 5.14. The van der Waals surface area contributed by atoms with Crippen LogP contribution in [0.1, 0.15) is 29.6 Å². The Bertz CT molecular complexity index is 672. The molecule has 3 heterocycles. The van der Waals surface area contributed by atoms with E-state index in [-0.39, 0.29) is 5.56 Å². The van der Waals surface area contributed by atoms with Gasteiger partial charge in [-0.2, -0.15) is 0 Å². The van der Waals surface area contributed by atoms with E-state index < -0.39 is 18.4 Å². The predicted molar refractivity (Wildman–Crippen MR) is 71.0 cm³/mol. The van der Waals surface area contributed by atoms with Gasteiger partial charge >= 0.3 is 0 Å². The summed E-state index contributed by atoms with van der Waals surface area (Å²) in [5.41, 5.74) is 1.09. The van der Waals surface area contributed by atoms with E-state index in [0.29, 0.717) is 24.1 Å². The molecular formula is C13H15F2N5O. The van der Waals surface area contributed by atoms with Crippen molar-refractivity contribution in [3.05, 3.63) is 17.8 Å². The Hall–Kier alpha value is -2.12. The molecule has 1 unspecified atom stereocenters. The molecule has 1 fully saturated rings.